The summed E-state index contributed by atoms with van der Waals surface area (Å²) in [6.45, 7) is 2.17. The van der Waals surface area contributed by atoms with Gasteiger partial charge in [-0.15, -0.1) is 0 Å². The van der Waals surface area contributed by atoms with E-state index < -0.39 is 5.60 Å². The number of benzene rings is 1. The van der Waals surface area contributed by atoms with E-state index >= 15 is 0 Å². The number of hydrogen-bond acceptors (Lipinski definition) is 3. The number of para-hydroxylation sites is 1. The van der Waals surface area contributed by atoms with Gasteiger partial charge in [-0.1, -0.05) is 25.1 Å². The van der Waals surface area contributed by atoms with E-state index in [1.807, 2.05) is 36.0 Å². The van der Waals surface area contributed by atoms with Crippen LogP contribution in [-0.4, -0.2) is 28.8 Å². The largest absolute Gasteiger partial charge is 0.496 e. The fourth-order valence-corrected chi connectivity index (χ4v) is 3.52. The van der Waals surface area contributed by atoms with Crippen molar-refractivity contribution in [2.45, 2.75) is 30.6 Å². The molecule has 2 nitrogen and oxygen atoms in total. The third-order valence-electron chi connectivity index (χ3n) is 3.02. The molecular weight excluding hydrogens is 220 g/mol. The number of rotatable bonds is 3. The Morgan fingerprint density at radius 3 is 2.88 bits per heavy atom. The summed E-state index contributed by atoms with van der Waals surface area (Å²) in [5, 5.41) is 11.0. The molecule has 1 N–H and O–H groups in total. The highest BCUT2D eigenvalue weighted by molar-refractivity contribution is 8.00. The van der Waals surface area contributed by atoms with Crippen molar-refractivity contribution in [3.63, 3.8) is 0 Å². The minimum Gasteiger partial charge on any atom is -0.496 e. The Morgan fingerprint density at radius 1 is 1.50 bits per heavy atom. The van der Waals surface area contributed by atoms with Crippen molar-refractivity contribution >= 4 is 11.8 Å². The molecule has 0 radical (unpaired) electrons. The number of methoxy groups -OCH3 is 1. The summed E-state index contributed by atoms with van der Waals surface area (Å²) < 4.78 is 5.31. The first-order valence-corrected chi connectivity index (χ1v) is 6.64. The van der Waals surface area contributed by atoms with Gasteiger partial charge in [-0.25, -0.2) is 0 Å². The molecule has 3 heteroatoms. The molecule has 16 heavy (non-hydrogen) atoms. The van der Waals surface area contributed by atoms with Gasteiger partial charge in [0.05, 0.1) is 12.7 Å². The zero-order valence-electron chi connectivity index (χ0n) is 9.77. The summed E-state index contributed by atoms with van der Waals surface area (Å²) in [7, 11) is 1.68. The van der Waals surface area contributed by atoms with Crippen molar-refractivity contribution < 1.29 is 9.84 Å². The van der Waals surface area contributed by atoms with Gasteiger partial charge in [-0.3, -0.25) is 0 Å². The van der Waals surface area contributed by atoms with E-state index in [0.717, 1.165) is 23.5 Å². The van der Waals surface area contributed by atoms with Crippen molar-refractivity contribution in [1.29, 1.82) is 0 Å². The first kappa shape index (κ1) is 11.8. The van der Waals surface area contributed by atoms with Gasteiger partial charge in [0.2, 0.25) is 0 Å². The number of aliphatic hydroxyl groups is 1. The lowest BCUT2D eigenvalue weighted by Crippen LogP contribution is -2.31. The van der Waals surface area contributed by atoms with Crippen LogP contribution in [0.3, 0.4) is 0 Å². The Kier molecular flexibility index (Phi) is 3.45. The second-order valence-electron chi connectivity index (χ2n) is 4.54. The van der Waals surface area contributed by atoms with Gasteiger partial charge in [-0.2, -0.15) is 11.8 Å². The van der Waals surface area contributed by atoms with E-state index in [1.54, 1.807) is 7.11 Å². The molecule has 1 aliphatic rings. The van der Waals surface area contributed by atoms with Crippen molar-refractivity contribution in [3.8, 4) is 5.75 Å². The van der Waals surface area contributed by atoms with E-state index in [4.69, 9.17) is 4.74 Å². The molecule has 1 aromatic carbocycles. The number of thioether (sulfide) groups is 1. The molecule has 2 unspecified atom stereocenters. The normalized spacial score (nSPS) is 29.3. The predicted molar refractivity (Wildman–Crippen MR) is 68.2 cm³/mol. The van der Waals surface area contributed by atoms with Gasteiger partial charge in [0.25, 0.3) is 0 Å². The molecule has 1 aromatic rings. The average Bonchev–Trinajstić information content (AvgIpc) is 2.59. The van der Waals surface area contributed by atoms with Gasteiger partial charge in [0, 0.05) is 17.4 Å². The molecule has 0 amide bonds. The van der Waals surface area contributed by atoms with Gasteiger partial charge >= 0.3 is 0 Å². The van der Waals surface area contributed by atoms with Gasteiger partial charge < -0.3 is 9.84 Å². The van der Waals surface area contributed by atoms with Crippen LogP contribution in [0.4, 0.5) is 0 Å². The predicted octanol–water partition coefficient (Wildman–Crippen LogP) is 2.49. The molecule has 1 heterocycles. The minimum absolute atomic E-state index is 0.555. The van der Waals surface area contributed by atoms with Gasteiger partial charge in [-0.05, 0) is 18.1 Å². The molecular formula is C13H18O2S. The van der Waals surface area contributed by atoms with Gasteiger partial charge in [0.1, 0.15) is 5.75 Å². The molecule has 88 valence electrons. The zero-order valence-corrected chi connectivity index (χ0v) is 10.6. The topological polar surface area (TPSA) is 29.5 Å². The second kappa shape index (κ2) is 4.68. The number of ether oxygens (including phenoxy) is 1. The Balaban J connectivity index is 2.14. The van der Waals surface area contributed by atoms with Gasteiger partial charge in [0.15, 0.2) is 0 Å². The third kappa shape index (κ3) is 2.53. The highest BCUT2D eigenvalue weighted by Gasteiger charge is 2.36. The van der Waals surface area contributed by atoms with Crippen LogP contribution in [0.2, 0.25) is 0 Å². The van der Waals surface area contributed by atoms with Crippen LogP contribution in [0, 0.1) is 0 Å². The molecule has 1 saturated heterocycles. The summed E-state index contributed by atoms with van der Waals surface area (Å²) in [5.41, 5.74) is 0.542. The first-order chi connectivity index (χ1) is 7.63. The summed E-state index contributed by atoms with van der Waals surface area (Å²) in [6, 6.07) is 7.93. The van der Waals surface area contributed by atoms with Crippen LogP contribution in [0.25, 0.3) is 0 Å². The summed E-state index contributed by atoms with van der Waals surface area (Å²) in [5.74, 6) is 1.70. The Bertz CT molecular complexity index is 367. The molecule has 0 aromatic heterocycles. The molecule has 1 fully saturated rings. The van der Waals surface area contributed by atoms with Crippen molar-refractivity contribution in [2.75, 3.05) is 12.9 Å². The number of hydrogen-bond donors (Lipinski definition) is 1. The van der Waals surface area contributed by atoms with E-state index in [0.29, 0.717) is 11.7 Å². The molecule has 2 atom stereocenters. The van der Waals surface area contributed by atoms with Crippen molar-refractivity contribution in [1.82, 2.24) is 0 Å². The quantitative estimate of drug-likeness (QED) is 0.877. The SMILES string of the molecule is COc1ccccc1CC1(O)CSC(C)C1. The van der Waals surface area contributed by atoms with E-state index in [9.17, 15) is 5.11 Å². The lowest BCUT2D eigenvalue weighted by Gasteiger charge is -2.22. The second-order valence-corrected chi connectivity index (χ2v) is 5.97. The highest BCUT2D eigenvalue weighted by Crippen LogP contribution is 2.37. The summed E-state index contributed by atoms with van der Waals surface area (Å²) in [6.07, 6.45) is 1.56. The molecule has 0 saturated carbocycles. The Morgan fingerprint density at radius 2 is 2.25 bits per heavy atom. The fourth-order valence-electron chi connectivity index (χ4n) is 2.28. The van der Waals surface area contributed by atoms with Crippen LogP contribution in [0.1, 0.15) is 18.9 Å². The summed E-state index contributed by atoms with van der Waals surface area (Å²) >= 11 is 1.85. The lowest BCUT2D eigenvalue weighted by molar-refractivity contribution is 0.0636. The highest BCUT2D eigenvalue weighted by atomic mass is 32.2. The average molecular weight is 238 g/mol. The van der Waals surface area contributed by atoms with Crippen LogP contribution in [-0.2, 0) is 6.42 Å². The maximum atomic E-state index is 10.5. The molecule has 0 aliphatic carbocycles. The standard InChI is InChI=1S/C13H18O2S/c1-10-7-13(14,9-16-10)8-11-5-3-4-6-12(11)15-2/h3-6,10,14H,7-9H2,1-2H3. The maximum absolute atomic E-state index is 10.5. The first-order valence-electron chi connectivity index (χ1n) is 5.59. The van der Waals surface area contributed by atoms with Crippen molar-refractivity contribution in [3.05, 3.63) is 29.8 Å². The van der Waals surface area contributed by atoms with E-state index in [1.165, 1.54) is 0 Å². The smallest absolute Gasteiger partial charge is 0.122 e. The molecule has 0 spiro atoms. The van der Waals surface area contributed by atoms with Crippen LogP contribution < -0.4 is 4.74 Å². The zero-order chi connectivity index (χ0) is 11.6. The van der Waals surface area contributed by atoms with E-state index in [2.05, 4.69) is 6.92 Å². The maximum Gasteiger partial charge on any atom is 0.122 e. The van der Waals surface area contributed by atoms with Crippen LogP contribution >= 0.6 is 11.8 Å². The van der Waals surface area contributed by atoms with Crippen LogP contribution in [0.5, 0.6) is 5.75 Å². The third-order valence-corrected chi connectivity index (χ3v) is 4.46. The molecule has 1 aliphatic heterocycles. The fraction of sp³-hybridized carbons (Fsp3) is 0.538. The monoisotopic (exact) mass is 238 g/mol. The van der Waals surface area contributed by atoms with Crippen molar-refractivity contribution in [2.24, 2.45) is 0 Å². The Hall–Kier alpha value is -0.670. The lowest BCUT2D eigenvalue weighted by atomic mass is 9.92. The molecule has 0 bridgehead atoms. The minimum atomic E-state index is -0.557. The van der Waals surface area contributed by atoms with Crippen LogP contribution in [0.15, 0.2) is 24.3 Å². The molecule has 2 rings (SSSR count). The Labute approximate surface area is 101 Å². The summed E-state index contributed by atoms with van der Waals surface area (Å²) in [4.78, 5) is 0. The van der Waals surface area contributed by atoms with E-state index in [-0.39, 0.29) is 0 Å².